The van der Waals surface area contributed by atoms with Crippen molar-refractivity contribution in [3.8, 4) is 0 Å². The molecule has 0 spiro atoms. The number of aromatic nitrogens is 2. The van der Waals surface area contributed by atoms with Crippen molar-refractivity contribution in [3.05, 3.63) is 29.8 Å². The van der Waals surface area contributed by atoms with Crippen LogP contribution in [-0.4, -0.2) is 22.6 Å². The van der Waals surface area contributed by atoms with Crippen LogP contribution < -0.4 is 5.32 Å². The van der Waals surface area contributed by atoms with E-state index in [9.17, 15) is 4.39 Å². The van der Waals surface area contributed by atoms with Gasteiger partial charge in [-0.25, -0.2) is 9.37 Å². The van der Waals surface area contributed by atoms with Gasteiger partial charge in [-0.05, 0) is 25.1 Å². The molecule has 0 aliphatic rings. The first-order valence-electron chi connectivity index (χ1n) is 8.11. The minimum absolute atomic E-state index is 0.212. The molecule has 1 heterocycles. The van der Waals surface area contributed by atoms with Crippen molar-refractivity contribution < 1.29 is 4.39 Å². The smallest absolute Gasteiger partial charge is 0.125 e. The minimum atomic E-state index is -0.212. The molecule has 0 bridgehead atoms. The summed E-state index contributed by atoms with van der Waals surface area (Å²) in [5.41, 5.74) is 1.83. The van der Waals surface area contributed by atoms with Crippen molar-refractivity contribution >= 4 is 11.0 Å². The van der Waals surface area contributed by atoms with Crippen LogP contribution in [0.15, 0.2) is 18.2 Å². The molecule has 4 heteroatoms. The van der Waals surface area contributed by atoms with Gasteiger partial charge in [-0.3, -0.25) is 0 Å². The lowest BCUT2D eigenvalue weighted by molar-refractivity contribution is 0.567. The van der Waals surface area contributed by atoms with E-state index in [1.807, 2.05) is 6.07 Å². The van der Waals surface area contributed by atoms with E-state index in [-0.39, 0.29) is 5.82 Å². The summed E-state index contributed by atoms with van der Waals surface area (Å²) >= 11 is 0. The van der Waals surface area contributed by atoms with Gasteiger partial charge in [0.05, 0.1) is 11.0 Å². The van der Waals surface area contributed by atoms with E-state index in [1.165, 1.54) is 31.4 Å². The standard InChI is InChI=1S/C17H26FN3/c1-3-5-6-7-12-21-16-9-8-14(18)13-15(16)20-17(21)10-11-19-4-2/h8-9,13,19H,3-7,10-12H2,1-2H3. The molecule has 2 aromatic rings. The predicted molar refractivity (Wildman–Crippen MR) is 86.1 cm³/mol. The third kappa shape index (κ3) is 4.27. The summed E-state index contributed by atoms with van der Waals surface area (Å²) in [4.78, 5) is 4.63. The van der Waals surface area contributed by atoms with Crippen LogP contribution >= 0.6 is 0 Å². The van der Waals surface area contributed by atoms with E-state index >= 15 is 0 Å². The fourth-order valence-corrected chi connectivity index (χ4v) is 2.67. The topological polar surface area (TPSA) is 29.9 Å². The fourth-order valence-electron chi connectivity index (χ4n) is 2.67. The highest BCUT2D eigenvalue weighted by Crippen LogP contribution is 2.19. The Morgan fingerprint density at radius 3 is 2.81 bits per heavy atom. The molecule has 2 rings (SSSR count). The molecule has 0 saturated heterocycles. The van der Waals surface area contributed by atoms with E-state index in [0.717, 1.165) is 49.3 Å². The molecule has 21 heavy (non-hydrogen) atoms. The van der Waals surface area contributed by atoms with Crippen molar-refractivity contribution in [3.63, 3.8) is 0 Å². The number of hydrogen-bond acceptors (Lipinski definition) is 2. The SMILES string of the molecule is CCCCCCn1c(CCNCC)nc2cc(F)ccc21. The Morgan fingerprint density at radius 1 is 1.19 bits per heavy atom. The summed E-state index contributed by atoms with van der Waals surface area (Å²) in [7, 11) is 0. The zero-order valence-corrected chi connectivity index (χ0v) is 13.2. The van der Waals surface area contributed by atoms with Crippen molar-refractivity contribution in [2.75, 3.05) is 13.1 Å². The Labute approximate surface area is 126 Å². The zero-order valence-electron chi connectivity index (χ0n) is 13.2. The Morgan fingerprint density at radius 2 is 2.05 bits per heavy atom. The van der Waals surface area contributed by atoms with Gasteiger partial charge in [-0.1, -0.05) is 33.1 Å². The third-order valence-electron chi connectivity index (χ3n) is 3.80. The molecular weight excluding hydrogens is 265 g/mol. The zero-order chi connectivity index (χ0) is 15.1. The van der Waals surface area contributed by atoms with E-state index in [0.29, 0.717) is 0 Å². The minimum Gasteiger partial charge on any atom is -0.328 e. The number of nitrogens with zero attached hydrogens (tertiary/aromatic N) is 2. The van der Waals surface area contributed by atoms with E-state index in [2.05, 4.69) is 28.7 Å². The van der Waals surface area contributed by atoms with Crippen LogP contribution in [0.5, 0.6) is 0 Å². The Balaban J connectivity index is 2.17. The number of rotatable bonds is 9. The molecule has 0 radical (unpaired) electrons. The molecule has 0 fully saturated rings. The van der Waals surface area contributed by atoms with Gasteiger partial charge in [-0.15, -0.1) is 0 Å². The highest BCUT2D eigenvalue weighted by molar-refractivity contribution is 5.76. The average Bonchev–Trinajstić information content (AvgIpc) is 2.81. The van der Waals surface area contributed by atoms with Gasteiger partial charge in [0.25, 0.3) is 0 Å². The number of aryl methyl sites for hydroxylation is 1. The second-order valence-corrected chi connectivity index (χ2v) is 5.48. The number of likely N-dealkylation sites (N-methyl/N-ethyl adjacent to an activating group) is 1. The molecule has 1 aromatic carbocycles. The molecule has 0 atom stereocenters. The van der Waals surface area contributed by atoms with Gasteiger partial charge < -0.3 is 9.88 Å². The van der Waals surface area contributed by atoms with Crippen LogP contribution in [0.1, 0.15) is 45.4 Å². The van der Waals surface area contributed by atoms with Gasteiger partial charge in [0.15, 0.2) is 0 Å². The quantitative estimate of drug-likeness (QED) is 0.710. The second-order valence-electron chi connectivity index (χ2n) is 5.48. The van der Waals surface area contributed by atoms with Crippen LogP contribution in [0.4, 0.5) is 4.39 Å². The van der Waals surface area contributed by atoms with Crippen molar-refractivity contribution in [1.29, 1.82) is 0 Å². The second kappa shape index (κ2) is 8.13. The maximum absolute atomic E-state index is 13.4. The van der Waals surface area contributed by atoms with Gasteiger partial charge in [0, 0.05) is 25.6 Å². The molecule has 0 unspecified atom stereocenters. The van der Waals surface area contributed by atoms with Gasteiger partial charge in [0.1, 0.15) is 11.6 Å². The summed E-state index contributed by atoms with van der Waals surface area (Å²) < 4.78 is 15.6. The van der Waals surface area contributed by atoms with Gasteiger partial charge in [-0.2, -0.15) is 0 Å². The third-order valence-corrected chi connectivity index (χ3v) is 3.80. The Hall–Kier alpha value is -1.42. The number of halogens is 1. The highest BCUT2D eigenvalue weighted by atomic mass is 19.1. The van der Waals surface area contributed by atoms with Crippen molar-refractivity contribution in [1.82, 2.24) is 14.9 Å². The molecule has 3 nitrogen and oxygen atoms in total. The number of nitrogens with one attached hydrogen (secondary N) is 1. The molecule has 0 saturated carbocycles. The number of benzene rings is 1. The monoisotopic (exact) mass is 291 g/mol. The number of fused-ring (bicyclic) bond motifs is 1. The lowest BCUT2D eigenvalue weighted by Crippen LogP contribution is -2.18. The Kier molecular flexibility index (Phi) is 6.18. The molecular formula is C17H26FN3. The lowest BCUT2D eigenvalue weighted by atomic mass is 10.2. The largest absolute Gasteiger partial charge is 0.328 e. The molecule has 0 aliphatic heterocycles. The van der Waals surface area contributed by atoms with E-state index < -0.39 is 0 Å². The van der Waals surface area contributed by atoms with E-state index in [1.54, 1.807) is 0 Å². The first kappa shape index (κ1) is 16.0. The normalized spacial score (nSPS) is 11.4. The average molecular weight is 291 g/mol. The van der Waals surface area contributed by atoms with Crippen molar-refractivity contribution in [2.45, 2.75) is 52.5 Å². The first-order chi connectivity index (χ1) is 10.3. The van der Waals surface area contributed by atoms with E-state index in [4.69, 9.17) is 0 Å². The first-order valence-corrected chi connectivity index (χ1v) is 8.11. The summed E-state index contributed by atoms with van der Waals surface area (Å²) in [5.74, 6) is 0.851. The maximum atomic E-state index is 13.4. The predicted octanol–water partition coefficient (Wildman–Crippen LogP) is 3.91. The van der Waals surface area contributed by atoms with Gasteiger partial charge >= 0.3 is 0 Å². The summed E-state index contributed by atoms with van der Waals surface area (Å²) in [5, 5.41) is 3.33. The molecule has 0 aliphatic carbocycles. The Bertz CT molecular complexity index is 562. The summed E-state index contributed by atoms with van der Waals surface area (Å²) in [6, 6.07) is 4.92. The van der Waals surface area contributed by atoms with Crippen LogP contribution in [-0.2, 0) is 13.0 Å². The molecule has 1 aromatic heterocycles. The molecule has 116 valence electrons. The molecule has 0 amide bonds. The van der Waals surface area contributed by atoms with Crippen LogP contribution in [0, 0.1) is 5.82 Å². The molecule has 1 N–H and O–H groups in total. The van der Waals surface area contributed by atoms with Gasteiger partial charge in [0.2, 0.25) is 0 Å². The van der Waals surface area contributed by atoms with Crippen LogP contribution in [0.3, 0.4) is 0 Å². The highest BCUT2D eigenvalue weighted by Gasteiger charge is 2.10. The van der Waals surface area contributed by atoms with Crippen LogP contribution in [0.25, 0.3) is 11.0 Å². The van der Waals surface area contributed by atoms with Crippen LogP contribution in [0.2, 0.25) is 0 Å². The lowest BCUT2D eigenvalue weighted by Gasteiger charge is -2.09. The fraction of sp³-hybridized carbons (Fsp3) is 0.588. The number of imidazole rings is 1. The number of unbranched alkanes of at least 4 members (excludes halogenated alkanes) is 3. The summed E-state index contributed by atoms with van der Waals surface area (Å²) in [6.07, 6.45) is 5.80. The van der Waals surface area contributed by atoms with Crippen molar-refractivity contribution in [2.24, 2.45) is 0 Å². The summed E-state index contributed by atoms with van der Waals surface area (Å²) in [6.45, 7) is 7.17. The maximum Gasteiger partial charge on any atom is 0.125 e. The number of hydrogen-bond donors (Lipinski definition) is 1.